The standard InChI is InChI=1S/C22H18FN3O2S/c23-16-10-14-6-8-26(18(14)12-21(16)29-24)22(27)20-11-15-9-13(4-5-19(15)28-20)17-3-1-2-7-25-17/h1-5,7,9-10,12,20H,6,8,11,24H2. The van der Waals surface area contributed by atoms with Gasteiger partial charge in [-0.3, -0.25) is 14.9 Å². The van der Waals surface area contributed by atoms with Crippen molar-refractivity contribution in [2.45, 2.75) is 23.8 Å². The predicted octanol–water partition coefficient (Wildman–Crippen LogP) is 3.75. The van der Waals surface area contributed by atoms with Gasteiger partial charge in [0.2, 0.25) is 0 Å². The smallest absolute Gasteiger partial charge is 0.268 e. The van der Waals surface area contributed by atoms with Crippen molar-refractivity contribution < 1.29 is 13.9 Å². The Hall–Kier alpha value is -2.90. The van der Waals surface area contributed by atoms with Gasteiger partial charge in [0.15, 0.2) is 6.10 Å². The summed E-state index contributed by atoms with van der Waals surface area (Å²) in [5.74, 6) is 0.260. The van der Waals surface area contributed by atoms with E-state index in [1.807, 2.05) is 36.4 Å². The molecule has 5 rings (SSSR count). The van der Waals surface area contributed by atoms with Crippen LogP contribution in [0.3, 0.4) is 0 Å². The minimum Gasteiger partial charge on any atom is -0.480 e. The van der Waals surface area contributed by atoms with E-state index in [2.05, 4.69) is 4.98 Å². The van der Waals surface area contributed by atoms with Crippen molar-refractivity contribution in [2.75, 3.05) is 11.4 Å². The molecule has 1 amide bonds. The third-order valence-electron chi connectivity index (χ3n) is 5.39. The van der Waals surface area contributed by atoms with Crippen molar-refractivity contribution in [1.82, 2.24) is 4.98 Å². The molecule has 0 aliphatic carbocycles. The molecule has 146 valence electrons. The molecule has 0 radical (unpaired) electrons. The molecule has 29 heavy (non-hydrogen) atoms. The van der Waals surface area contributed by atoms with Gasteiger partial charge in [0.25, 0.3) is 5.91 Å². The summed E-state index contributed by atoms with van der Waals surface area (Å²) in [6.07, 6.45) is 2.29. The number of amides is 1. The molecule has 7 heteroatoms. The second-order valence-electron chi connectivity index (χ2n) is 7.12. The van der Waals surface area contributed by atoms with Gasteiger partial charge in [-0.15, -0.1) is 0 Å². The number of anilines is 1. The fourth-order valence-corrected chi connectivity index (χ4v) is 4.31. The zero-order valence-corrected chi connectivity index (χ0v) is 16.3. The van der Waals surface area contributed by atoms with Crippen molar-refractivity contribution in [3.05, 3.63) is 71.7 Å². The molecule has 5 nitrogen and oxygen atoms in total. The maximum absolute atomic E-state index is 14.0. The normalized spacial score (nSPS) is 17.0. The van der Waals surface area contributed by atoms with Gasteiger partial charge >= 0.3 is 0 Å². The highest BCUT2D eigenvalue weighted by molar-refractivity contribution is 7.97. The number of fused-ring (bicyclic) bond motifs is 2. The summed E-state index contributed by atoms with van der Waals surface area (Å²) >= 11 is 0.847. The lowest BCUT2D eigenvalue weighted by atomic mass is 10.0. The Kier molecular flexibility index (Phi) is 4.49. The van der Waals surface area contributed by atoms with Crippen molar-refractivity contribution >= 4 is 23.5 Å². The van der Waals surface area contributed by atoms with Gasteiger partial charge in [-0.05, 0) is 72.0 Å². The Labute approximate surface area is 171 Å². The largest absolute Gasteiger partial charge is 0.480 e. The first kappa shape index (κ1) is 18.1. The zero-order chi connectivity index (χ0) is 20.0. The van der Waals surface area contributed by atoms with Crippen LogP contribution in [-0.4, -0.2) is 23.5 Å². The van der Waals surface area contributed by atoms with Gasteiger partial charge in [0, 0.05) is 30.4 Å². The number of halogens is 1. The first-order chi connectivity index (χ1) is 14.1. The van der Waals surface area contributed by atoms with Crippen LogP contribution in [0.1, 0.15) is 11.1 Å². The number of carbonyl (C=O) groups excluding carboxylic acids is 1. The third-order valence-corrected chi connectivity index (χ3v) is 5.96. The molecule has 0 saturated carbocycles. The molecule has 3 aromatic rings. The summed E-state index contributed by atoms with van der Waals surface area (Å²) in [4.78, 5) is 19.6. The number of carbonyl (C=O) groups is 1. The minimum atomic E-state index is -0.589. The SMILES string of the molecule is NSc1cc2c(cc1F)CCN2C(=O)C1Cc2cc(-c3ccccn3)ccc2O1. The molecule has 2 aliphatic heterocycles. The molecule has 0 fully saturated rings. The Balaban J connectivity index is 1.39. The average Bonchev–Trinajstić information content (AvgIpc) is 3.36. The first-order valence-corrected chi connectivity index (χ1v) is 10.2. The van der Waals surface area contributed by atoms with Crippen LogP contribution in [0.15, 0.2) is 59.6 Å². The number of nitrogens with two attached hydrogens (primary N) is 1. The van der Waals surface area contributed by atoms with Gasteiger partial charge in [0.05, 0.1) is 10.6 Å². The molecule has 2 aliphatic rings. The van der Waals surface area contributed by atoms with E-state index in [0.717, 1.165) is 45.8 Å². The van der Waals surface area contributed by atoms with E-state index < -0.39 is 6.10 Å². The molecule has 3 heterocycles. The number of benzene rings is 2. The lowest BCUT2D eigenvalue weighted by Crippen LogP contribution is -2.40. The number of hydrogen-bond acceptors (Lipinski definition) is 5. The molecule has 0 bridgehead atoms. The fraction of sp³-hybridized carbons (Fsp3) is 0.182. The van der Waals surface area contributed by atoms with Gasteiger partial charge < -0.3 is 9.64 Å². The first-order valence-electron chi connectivity index (χ1n) is 9.35. The summed E-state index contributed by atoms with van der Waals surface area (Å²) in [6, 6.07) is 14.8. The van der Waals surface area contributed by atoms with E-state index in [9.17, 15) is 9.18 Å². The Morgan fingerprint density at radius 1 is 1.21 bits per heavy atom. The van der Waals surface area contributed by atoms with Crippen LogP contribution in [0, 0.1) is 5.82 Å². The summed E-state index contributed by atoms with van der Waals surface area (Å²) in [7, 11) is 0. The molecule has 2 N–H and O–H groups in total. The number of hydrogen-bond donors (Lipinski definition) is 1. The van der Waals surface area contributed by atoms with Crippen LogP contribution in [-0.2, 0) is 17.6 Å². The number of pyridine rings is 1. The van der Waals surface area contributed by atoms with Crippen LogP contribution in [0.5, 0.6) is 5.75 Å². The fourth-order valence-electron chi connectivity index (χ4n) is 3.96. The molecule has 0 spiro atoms. The lowest BCUT2D eigenvalue weighted by Gasteiger charge is -2.21. The molecule has 1 unspecified atom stereocenters. The van der Waals surface area contributed by atoms with Gasteiger partial charge in [-0.25, -0.2) is 4.39 Å². The molecular formula is C22H18FN3O2S. The Bertz CT molecular complexity index is 1110. The molecule has 0 saturated heterocycles. The third kappa shape index (κ3) is 3.16. The highest BCUT2D eigenvalue weighted by Crippen LogP contribution is 2.37. The van der Waals surface area contributed by atoms with Crippen molar-refractivity contribution in [3.8, 4) is 17.0 Å². The van der Waals surface area contributed by atoms with Gasteiger partial charge in [0.1, 0.15) is 11.6 Å². The Morgan fingerprint density at radius 2 is 2.10 bits per heavy atom. The van der Waals surface area contributed by atoms with Crippen LogP contribution in [0.4, 0.5) is 10.1 Å². The Morgan fingerprint density at radius 3 is 2.90 bits per heavy atom. The van der Waals surface area contributed by atoms with E-state index >= 15 is 0 Å². The van der Waals surface area contributed by atoms with E-state index in [-0.39, 0.29) is 11.7 Å². The van der Waals surface area contributed by atoms with E-state index in [1.54, 1.807) is 17.2 Å². The second-order valence-corrected chi connectivity index (χ2v) is 7.79. The lowest BCUT2D eigenvalue weighted by molar-refractivity contribution is -0.124. The van der Waals surface area contributed by atoms with E-state index in [4.69, 9.17) is 9.88 Å². The van der Waals surface area contributed by atoms with E-state index in [0.29, 0.717) is 24.3 Å². The van der Waals surface area contributed by atoms with Crippen molar-refractivity contribution in [3.63, 3.8) is 0 Å². The summed E-state index contributed by atoms with van der Waals surface area (Å²) in [5.41, 5.74) is 4.41. The van der Waals surface area contributed by atoms with E-state index in [1.165, 1.54) is 6.07 Å². The van der Waals surface area contributed by atoms with Crippen molar-refractivity contribution in [1.29, 1.82) is 0 Å². The number of aromatic nitrogens is 1. The minimum absolute atomic E-state index is 0.112. The quantitative estimate of drug-likeness (QED) is 0.670. The molecule has 1 atom stereocenters. The summed E-state index contributed by atoms with van der Waals surface area (Å²) < 4.78 is 19.9. The molecule has 1 aromatic heterocycles. The molecular weight excluding hydrogens is 389 g/mol. The topological polar surface area (TPSA) is 68.5 Å². The maximum Gasteiger partial charge on any atom is 0.268 e. The van der Waals surface area contributed by atoms with Crippen molar-refractivity contribution in [2.24, 2.45) is 5.14 Å². The zero-order valence-electron chi connectivity index (χ0n) is 15.5. The van der Waals surface area contributed by atoms with Gasteiger partial charge in [-0.2, -0.15) is 0 Å². The number of nitrogens with zero attached hydrogens (tertiary/aromatic N) is 2. The second kappa shape index (κ2) is 7.17. The predicted molar refractivity (Wildman–Crippen MR) is 110 cm³/mol. The highest BCUT2D eigenvalue weighted by atomic mass is 32.2. The van der Waals surface area contributed by atoms with Crippen LogP contribution >= 0.6 is 11.9 Å². The van der Waals surface area contributed by atoms with Crippen LogP contribution in [0.25, 0.3) is 11.3 Å². The summed E-state index contributed by atoms with van der Waals surface area (Å²) in [5, 5.41) is 5.55. The number of ether oxygens (including phenoxy) is 1. The van der Waals surface area contributed by atoms with Crippen LogP contribution in [0.2, 0.25) is 0 Å². The average molecular weight is 407 g/mol. The maximum atomic E-state index is 14.0. The van der Waals surface area contributed by atoms with Gasteiger partial charge in [-0.1, -0.05) is 6.07 Å². The summed E-state index contributed by atoms with van der Waals surface area (Å²) in [6.45, 7) is 0.516. The number of rotatable bonds is 3. The highest BCUT2D eigenvalue weighted by Gasteiger charge is 2.36. The molecule has 2 aromatic carbocycles. The monoisotopic (exact) mass is 407 g/mol. The van der Waals surface area contributed by atoms with Crippen LogP contribution < -0.4 is 14.8 Å².